The molecule has 0 aliphatic heterocycles. The molecule has 19 heavy (non-hydrogen) atoms. The van der Waals surface area contributed by atoms with E-state index >= 15 is 0 Å². The highest BCUT2D eigenvalue weighted by molar-refractivity contribution is 6.18. The van der Waals surface area contributed by atoms with E-state index in [1.165, 1.54) is 12.1 Å². The first-order valence-corrected chi connectivity index (χ1v) is 6.60. The van der Waals surface area contributed by atoms with Crippen LogP contribution < -0.4 is 0 Å². The van der Waals surface area contributed by atoms with Gasteiger partial charge in [0.25, 0.3) is 5.91 Å². The monoisotopic (exact) mass is 279 g/mol. The van der Waals surface area contributed by atoms with Crippen molar-refractivity contribution in [2.45, 2.75) is 13.0 Å². The van der Waals surface area contributed by atoms with Crippen molar-refractivity contribution in [3.05, 3.63) is 47.8 Å². The van der Waals surface area contributed by atoms with E-state index in [9.17, 15) is 9.18 Å². The van der Waals surface area contributed by atoms with Crippen molar-refractivity contribution in [1.29, 1.82) is 0 Å². The van der Waals surface area contributed by atoms with Crippen LogP contribution in [0.15, 0.2) is 36.4 Å². The smallest absolute Gasteiger partial charge is 0.254 e. The molecule has 2 rings (SSSR count). The zero-order chi connectivity index (χ0) is 14.0. The Morgan fingerprint density at radius 2 is 1.89 bits per heavy atom. The molecule has 2 nitrogen and oxygen atoms in total. The minimum absolute atomic E-state index is 0.0713. The molecule has 0 aliphatic rings. The number of hydrogen-bond acceptors (Lipinski definition) is 1. The number of rotatable bonds is 3. The second-order valence-electron chi connectivity index (χ2n) is 4.56. The number of alkyl halides is 1. The van der Waals surface area contributed by atoms with Crippen molar-refractivity contribution in [3.63, 3.8) is 0 Å². The Morgan fingerprint density at radius 3 is 2.53 bits per heavy atom. The van der Waals surface area contributed by atoms with Crippen LogP contribution in [0.1, 0.15) is 17.3 Å². The third-order valence-corrected chi connectivity index (χ3v) is 3.75. The first-order chi connectivity index (χ1) is 9.06. The Bertz CT molecular complexity index is 614. The van der Waals surface area contributed by atoms with Crippen molar-refractivity contribution in [2.75, 3.05) is 12.9 Å². The molecule has 4 heteroatoms. The first-order valence-electron chi connectivity index (χ1n) is 6.06. The standard InChI is InChI=1S/C15H15ClFNO/c1-10(9-16)18(2)15(19)13-7-8-14(17)12-6-4-3-5-11(12)13/h3-8,10H,9H2,1-2H3. The van der Waals surface area contributed by atoms with Gasteiger partial charge in [0, 0.05) is 29.9 Å². The number of hydrogen-bond donors (Lipinski definition) is 0. The SMILES string of the molecule is CC(CCl)N(C)C(=O)c1ccc(F)c2ccccc12. The quantitative estimate of drug-likeness (QED) is 0.785. The molecule has 1 unspecified atom stereocenters. The van der Waals surface area contributed by atoms with Crippen LogP contribution in [-0.2, 0) is 0 Å². The maximum Gasteiger partial charge on any atom is 0.254 e. The van der Waals surface area contributed by atoms with E-state index < -0.39 is 0 Å². The van der Waals surface area contributed by atoms with Gasteiger partial charge in [-0.3, -0.25) is 4.79 Å². The minimum Gasteiger partial charge on any atom is -0.338 e. The first kappa shape index (κ1) is 13.8. The molecule has 0 aliphatic carbocycles. The van der Waals surface area contributed by atoms with Crippen LogP contribution in [0.4, 0.5) is 4.39 Å². The lowest BCUT2D eigenvalue weighted by Gasteiger charge is -2.23. The molecule has 100 valence electrons. The number of carbonyl (C=O) groups is 1. The molecule has 2 aromatic carbocycles. The molecule has 0 aromatic heterocycles. The summed E-state index contributed by atoms with van der Waals surface area (Å²) in [7, 11) is 1.70. The summed E-state index contributed by atoms with van der Waals surface area (Å²) in [5, 5.41) is 1.08. The molecule has 2 aromatic rings. The minimum atomic E-state index is -0.319. The second-order valence-corrected chi connectivity index (χ2v) is 4.87. The molecule has 0 fully saturated rings. The molecule has 1 atom stereocenters. The Hall–Kier alpha value is -1.61. The molecule has 0 saturated carbocycles. The Kier molecular flexibility index (Phi) is 4.05. The van der Waals surface area contributed by atoms with Crippen molar-refractivity contribution in [3.8, 4) is 0 Å². The number of halogens is 2. The van der Waals surface area contributed by atoms with Crippen LogP contribution in [0.2, 0.25) is 0 Å². The number of carbonyl (C=O) groups excluding carboxylic acids is 1. The third kappa shape index (κ3) is 2.56. The summed E-state index contributed by atoms with van der Waals surface area (Å²) in [5.74, 6) is -0.106. The fourth-order valence-corrected chi connectivity index (χ4v) is 2.15. The highest BCUT2D eigenvalue weighted by Crippen LogP contribution is 2.23. The Morgan fingerprint density at radius 1 is 1.26 bits per heavy atom. The molecule has 1 amide bonds. The number of fused-ring (bicyclic) bond motifs is 1. The third-order valence-electron chi connectivity index (χ3n) is 3.31. The number of benzene rings is 2. The van der Waals surface area contributed by atoms with Crippen molar-refractivity contribution in [1.82, 2.24) is 4.90 Å². The van der Waals surface area contributed by atoms with Crippen molar-refractivity contribution >= 4 is 28.3 Å². The summed E-state index contributed by atoms with van der Waals surface area (Å²) in [6.07, 6.45) is 0. The average Bonchev–Trinajstić information content (AvgIpc) is 2.45. The Labute approximate surface area is 116 Å². The summed E-state index contributed by atoms with van der Waals surface area (Å²) >= 11 is 5.77. The van der Waals surface area contributed by atoms with E-state index in [2.05, 4.69) is 0 Å². The fourth-order valence-electron chi connectivity index (χ4n) is 1.94. The maximum atomic E-state index is 13.7. The normalized spacial score (nSPS) is 12.4. The van der Waals surface area contributed by atoms with Crippen LogP contribution >= 0.6 is 11.6 Å². The predicted octanol–water partition coefficient (Wildman–Crippen LogP) is 3.68. The van der Waals surface area contributed by atoms with Gasteiger partial charge in [-0.1, -0.05) is 24.3 Å². The van der Waals surface area contributed by atoms with Crippen molar-refractivity contribution in [2.24, 2.45) is 0 Å². The van der Waals surface area contributed by atoms with Crippen LogP contribution in [-0.4, -0.2) is 29.8 Å². The molecule has 0 heterocycles. The number of amides is 1. The van der Waals surface area contributed by atoms with Crippen LogP contribution in [0, 0.1) is 5.82 Å². The van der Waals surface area contributed by atoms with Gasteiger partial charge < -0.3 is 4.90 Å². The van der Waals surface area contributed by atoms with E-state index in [-0.39, 0.29) is 17.8 Å². The lowest BCUT2D eigenvalue weighted by molar-refractivity contribution is 0.0758. The van der Waals surface area contributed by atoms with Gasteiger partial charge in [0.1, 0.15) is 5.82 Å². The van der Waals surface area contributed by atoms with E-state index in [0.29, 0.717) is 22.2 Å². The summed E-state index contributed by atoms with van der Waals surface area (Å²) in [5.41, 5.74) is 0.497. The zero-order valence-electron chi connectivity index (χ0n) is 10.9. The van der Waals surface area contributed by atoms with Gasteiger partial charge in [-0.25, -0.2) is 4.39 Å². The second kappa shape index (κ2) is 5.57. The van der Waals surface area contributed by atoms with Gasteiger partial charge in [0.2, 0.25) is 0 Å². The largest absolute Gasteiger partial charge is 0.338 e. The maximum absolute atomic E-state index is 13.7. The van der Waals surface area contributed by atoms with Crippen LogP contribution in [0.3, 0.4) is 0 Å². The molecular formula is C15H15ClFNO. The van der Waals surface area contributed by atoms with E-state index in [4.69, 9.17) is 11.6 Å². The molecule has 0 saturated heterocycles. The lowest BCUT2D eigenvalue weighted by atomic mass is 10.0. The summed E-state index contributed by atoms with van der Waals surface area (Å²) in [6.45, 7) is 1.87. The summed E-state index contributed by atoms with van der Waals surface area (Å²) in [6, 6.07) is 9.76. The molecule has 0 N–H and O–H groups in total. The van der Waals surface area contributed by atoms with Gasteiger partial charge in [-0.2, -0.15) is 0 Å². The predicted molar refractivity (Wildman–Crippen MR) is 76.2 cm³/mol. The fraction of sp³-hybridized carbons (Fsp3) is 0.267. The highest BCUT2D eigenvalue weighted by Gasteiger charge is 2.19. The summed E-state index contributed by atoms with van der Waals surface area (Å²) < 4.78 is 13.7. The zero-order valence-corrected chi connectivity index (χ0v) is 11.6. The van der Waals surface area contributed by atoms with Gasteiger partial charge in [0.15, 0.2) is 0 Å². The molecule has 0 radical (unpaired) electrons. The van der Waals surface area contributed by atoms with E-state index in [1.54, 1.807) is 36.2 Å². The molecular weight excluding hydrogens is 265 g/mol. The molecule has 0 spiro atoms. The van der Waals surface area contributed by atoms with Crippen LogP contribution in [0.25, 0.3) is 10.8 Å². The lowest BCUT2D eigenvalue weighted by Crippen LogP contribution is -2.36. The average molecular weight is 280 g/mol. The van der Waals surface area contributed by atoms with Gasteiger partial charge in [-0.15, -0.1) is 11.6 Å². The number of nitrogens with zero attached hydrogens (tertiary/aromatic N) is 1. The van der Waals surface area contributed by atoms with E-state index in [1.807, 2.05) is 6.92 Å². The molecule has 0 bridgehead atoms. The Balaban J connectivity index is 2.52. The van der Waals surface area contributed by atoms with Gasteiger partial charge >= 0.3 is 0 Å². The van der Waals surface area contributed by atoms with E-state index in [0.717, 1.165) is 0 Å². The van der Waals surface area contributed by atoms with Gasteiger partial charge in [0.05, 0.1) is 0 Å². The van der Waals surface area contributed by atoms with Crippen molar-refractivity contribution < 1.29 is 9.18 Å². The highest BCUT2D eigenvalue weighted by atomic mass is 35.5. The summed E-state index contributed by atoms with van der Waals surface area (Å²) in [4.78, 5) is 14.0. The topological polar surface area (TPSA) is 20.3 Å². The van der Waals surface area contributed by atoms with Crippen LogP contribution in [0.5, 0.6) is 0 Å². The van der Waals surface area contributed by atoms with Gasteiger partial charge in [-0.05, 0) is 24.4 Å².